The van der Waals surface area contributed by atoms with Crippen LogP contribution in [0.3, 0.4) is 0 Å². The first-order valence-electron chi connectivity index (χ1n) is 10.2. The van der Waals surface area contributed by atoms with E-state index in [9.17, 15) is 8.78 Å². The molecular formula is C21H20F2N8O2. The molecule has 1 saturated heterocycles. The summed E-state index contributed by atoms with van der Waals surface area (Å²) in [4.78, 5) is 23.6. The lowest BCUT2D eigenvalue weighted by molar-refractivity contribution is 0.122. The SMILES string of the molecule is COc1ccncc1Nc1nc(N2CCOCC2)nc(-n2c(C(F)F)nc3ccccc32)n1. The zero-order chi connectivity index (χ0) is 22.8. The van der Waals surface area contributed by atoms with E-state index in [4.69, 9.17) is 9.47 Å². The van der Waals surface area contributed by atoms with Gasteiger partial charge in [0.25, 0.3) is 6.43 Å². The van der Waals surface area contributed by atoms with Gasteiger partial charge in [0.1, 0.15) is 11.4 Å². The number of rotatable bonds is 6. The van der Waals surface area contributed by atoms with Gasteiger partial charge in [-0.15, -0.1) is 0 Å². The zero-order valence-electron chi connectivity index (χ0n) is 17.7. The van der Waals surface area contributed by atoms with Crippen LogP contribution in [0.25, 0.3) is 17.0 Å². The van der Waals surface area contributed by atoms with E-state index in [1.165, 1.54) is 11.7 Å². The molecule has 1 N–H and O–H groups in total. The number of morpholine rings is 1. The Balaban J connectivity index is 1.67. The number of methoxy groups -OCH3 is 1. The minimum Gasteiger partial charge on any atom is -0.494 e. The van der Waals surface area contributed by atoms with Crippen LogP contribution in [0.2, 0.25) is 0 Å². The molecule has 1 aliphatic heterocycles. The number of hydrogen-bond acceptors (Lipinski definition) is 9. The van der Waals surface area contributed by atoms with Gasteiger partial charge in [0.05, 0.1) is 37.6 Å². The molecule has 0 amide bonds. The summed E-state index contributed by atoms with van der Waals surface area (Å²) in [5, 5.41) is 3.07. The second-order valence-electron chi connectivity index (χ2n) is 7.15. The predicted molar refractivity (Wildman–Crippen MR) is 117 cm³/mol. The Morgan fingerprint density at radius 1 is 1.03 bits per heavy atom. The quantitative estimate of drug-likeness (QED) is 0.471. The number of alkyl halides is 2. The van der Waals surface area contributed by atoms with Crippen molar-refractivity contribution in [3.05, 3.63) is 48.5 Å². The molecule has 12 heteroatoms. The maximum Gasteiger partial charge on any atom is 0.296 e. The molecule has 33 heavy (non-hydrogen) atoms. The fourth-order valence-corrected chi connectivity index (χ4v) is 3.59. The second-order valence-corrected chi connectivity index (χ2v) is 7.15. The van der Waals surface area contributed by atoms with E-state index in [0.717, 1.165) is 0 Å². The molecule has 5 rings (SSSR count). The molecule has 0 aliphatic carbocycles. The average molecular weight is 454 g/mol. The van der Waals surface area contributed by atoms with Crippen molar-refractivity contribution in [3.63, 3.8) is 0 Å². The summed E-state index contributed by atoms with van der Waals surface area (Å²) in [5.41, 5.74) is 1.41. The lowest BCUT2D eigenvalue weighted by atomic mass is 10.3. The highest BCUT2D eigenvalue weighted by molar-refractivity contribution is 5.77. The van der Waals surface area contributed by atoms with Crippen LogP contribution in [0.4, 0.5) is 26.4 Å². The van der Waals surface area contributed by atoms with Crippen molar-refractivity contribution >= 4 is 28.6 Å². The van der Waals surface area contributed by atoms with Gasteiger partial charge >= 0.3 is 0 Å². The number of nitrogens with one attached hydrogen (secondary N) is 1. The zero-order valence-corrected chi connectivity index (χ0v) is 17.7. The second kappa shape index (κ2) is 8.90. The molecule has 4 heterocycles. The Hall–Kier alpha value is -3.93. The van der Waals surface area contributed by atoms with Crippen molar-refractivity contribution in [1.82, 2.24) is 29.5 Å². The highest BCUT2D eigenvalue weighted by Crippen LogP contribution is 2.29. The minimum absolute atomic E-state index is 0.0286. The van der Waals surface area contributed by atoms with Gasteiger partial charge in [-0.2, -0.15) is 15.0 Å². The lowest BCUT2D eigenvalue weighted by Gasteiger charge is -2.27. The Morgan fingerprint density at radius 2 is 1.82 bits per heavy atom. The first kappa shape index (κ1) is 20.9. The Bertz CT molecular complexity index is 1280. The topological polar surface area (TPSA) is 103 Å². The molecule has 0 saturated carbocycles. The molecule has 1 aromatic carbocycles. The maximum absolute atomic E-state index is 13.9. The third-order valence-corrected chi connectivity index (χ3v) is 5.14. The normalized spacial score (nSPS) is 14.1. The van der Waals surface area contributed by atoms with Gasteiger partial charge in [0.15, 0.2) is 5.82 Å². The molecule has 170 valence electrons. The number of anilines is 3. The van der Waals surface area contributed by atoms with Crippen LogP contribution in [-0.4, -0.2) is 62.9 Å². The average Bonchev–Trinajstić information content (AvgIpc) is 3.25. The van der Waals surface area contributed by atoms with Crippen molar-refractivity contribution < 1.29 is 18.3 Å². The Kier molecular flexibility index (Phi) is 5.65. The molecule has 1 aliphatic rings. The van der Waals surface area contributed by atoms with E-state index in [2.05, 4.69) is 30.2 Å². The molecule has 3 aromatic heterocycles. The first-order chi connectivity index (χ1) is 16.1. The van der Waals surface area contributed by atoms with Crippen LogP contribution in [0, 0.1) is 0 Å². The molecule has 0 spiro atoms. The Labute approximate surface area is 187 Å². The van der Waals surface area contributed by atoms with E-state index in [-0.39, 0.29) is 11.9 Å². The molecule has 0 radical (unpaired) electrons. The van der Waals surface area contributed by atoms with Crippen LogP contribution in [0.15, 0.2) is 42.7 Å². The van der Waals surface area contributed by atoms with Crippen molar-refractivity contribution in [2.45, 2.75) is 6.43 Å². The van der Waals surface area contributed by atoms with Crippen molar-refractivity contribution in [1.29, 1.82) is 0 Å². The monoisotopic (exact) mass is 454 g/mol. The van der Waals surface area contributed by atoms with Crippen LogP contribution >= 0.6 is 0 Å². The molecule has 1 fully saturated rings. The number of para-hydroxylation sites is 2. The first-order valence-corrected chi connectivity index (χ1v) is 10.2. The van der Waals surface area contributed by atoms with Gasteiger partial charge in [-0.25, -0.2) is 13.8 Å². The maximum atomic E-state index is 13.9. The van der Waals surface area contributed by atoms with Gasteiger partial charge < -0.3 is 19.7 Å². The summed E-state index contributed by atoms with van der Waals surface area (Å²) in [7, 11) is 1.53. The smallest absolute Gasteiger partial charge is 0.296 e. The minimum atomic E-state index is -2.82. The summed E-state index contributed by atoms with van der Waals surface area (Å²) in [5.74, 6) is 0.611. The van der Waals surface area contributed by atoms with Crippen LogP contribution in [0.5, 0.6) is 5.75 Å². The molecular weight excluding hydrogens is 434 g/mol. The summed E-state index contributed by atoms with van der Waals surface area (Å²) < 4.78 is 39.9. The van der Waals surface area contributed by atoms with Gasteiger partial charge in [0, 0.05) is 25.4 Å². The molecule has 0 atom stereocenters. The van der Waals surface area contributed by atoms with Crippen molar-refractivity contribution in [2.75, 3.05) is 43.6 Å². The van der Waals surface area contributed by atoms with E-state index >= 15 is 0 Å². The number of aromatic nitrogens is 6. The number of nitrogens with zero attached hydrogens (tertiary/aromatic N) is 7. The van der Waals surface area contributed by atoms with E-state index in [1.54, 1.807) is 42.7 Å². The highest BCUT2D eigenvalue weighted by Gasteiger charge is 2.24. The molecule has 10 nitrogen and oxygen atoms in total. The molecule has 0 bridgehead atoms. The Morgan fingerprint density at radius 3 is 2.61 bits per heavy atom. The van der Waals surface area contributed by atoms with Crippen molar-refractivity contribution in [2.24, 2.45) is 0 Å². The summed E-state index contributed by atoms with van der Waals surface area (Å²) in [6, 6.07) is 8.54. The van der Waals surface area contributed by atoms with Gasteiger partial charge in [-0.3, -0.25) is 9.55 Å². The van der Waals surface area contributed by atoms with Gasteiger partial charge in [-0.1, -0.05) is 12.1 Å². The van der Waals surface area contributed by atoms with E-state index in [1.807, 2.05) is 4.90 Å². The number of hydrogen-bond donors (Lipinski definition) is 1. The number of halogens is 2. The fraction of sp³-hybridized carbons (Fsp3) is 0.286. The number of ether oxygens (including phenoxy) is 2. The molecule has 0 unspecified atom stereocenters. The molecule has 4 aromatic rings. The van der Waals surface area contributed by atoms with Crippen LogP contribution in [0.1, 0.15) is 12.2 Å². The van der Waals surface area contributed by atoms with Crippen LogP contribution < -0.4 is 15.0 Å². The van der Waals surface area contributed by atoms with Gasteiger partial charge in [0.2, 0.25) is 17.8 Å². The van der Waals surface area contributed by atoms with Crippen molar-refractivity contribution in [3.8, 4) is 11.7 Å². The summed E-state index contributed by atoms with van der Waals surface area (Å²) in [6.45, 7) is 2.14. The van der Waals surface area contributed by atoms with E-state index in [0.29, 0.717) is 54.7 Å². The third kappa shape index (κ3) is 4.12. The van der Waals surface area contributed by atoms with Crippen LogP contribution in [-0.2, 0) is 4.74 Å². The number of imidazole rings is 1. The highest BCUT2D eigenvalue weighted by atomic mass is 19.3. The summed E-state index contributed by atoms with van der Waals surface area (Å²) in [6.07, 6.45) is 0.332. The summed E-state index contributed by atoms with van der Waals surface area (Å²) >= 11 is 0. The number of benzene rings is 1. The number of fused-ring (bicyclic) bond motifs is 1. The fourth-order valence-electron chi connectivity index (χ4n) is 3.59. The lowest BCUT2D eigenvalue weighted by Crippen LogP contribution is -2.37. The predicted octanol–water partition coefficient (Wildman–Crippen LogP) is 3.13. The number of pyridine rings is 1. The van der Waals surface area contributed by atoms with Gasteiger partial charge in [-0.05, 0) is 12.1 Å². The van der Waals surface area contributed by atoms with E-state index < -0.39 is 12.2 Å². The standard InChI is InChI=1S/C21H20F2N8O2/c1-32-16-6-7-24-12-14(16)26-19-27-20(30-8-10-33-11-9-30)29-21(28-19)31-15-5-3-2-4-13(15)25-18(31)17(22)23/h2-7,12,17H,8-11H2,1H3,(H,26,27,28,29). The third-order valence-electron chi connectivity index (χ3n) is 5.14. The largest absolute Gasteiger partial charge is 0.494 e.